The predicted octanol–water partition coefficient (Wildman–Crippen LogP) is 3.74. The molecule has 0 aromatic heterocycles. The van der Waals surface area contributed by atoms with Gasteiger partial charge >= 0.3 is 0 Å². The summed E-state index contributed by atoms with van der Waals surface area (Å²) in [5.41, 5.74) is 2.21. The second-order valence-electron chi connectivity index (χ2n) is 4.96. The summed E-state index contributed by atoms with van der Waals surface area (Å²) in [6.07, 6.45) is 0. The van der Waals surface area contributed by atoms with E-state index in [1.165, 1.54) is 5.56 Å². The summed E-state index contributed by atoms with van der Waals surface area (Å²) < 4.78 is 14.2. The van der Waals surface area contributed by atoms with Gasteiger partial charge in [0, 0.05) is 31.4 Å². The molecule has 3 rings (SSSR count). The van der Waals surface area contributed by atoms with E-state index in [2.05, 4.69) is 50.4 Å². The molecule has 1 aliphatic heterocycles. The first-order valence-electron chi connectivity index (χ1n) is 6.72. The molecule has 104 valence electrons. The summed E-state index contributed by atoms with van der Waals surface area (Å²) >= 11 is 3.20. The van der Waals surface area contributed by atoms with Gasteiger partial charge in [0.1, 0.15) is 5.82 Å². The van der Waals surface area contributed by atoms with Crippen molar-refractivity contribution >= 4 is 21.6 Å². The third-order valence-electron chi connectivity index (χ3n) is 3.65. The highest BCUT2D eigenvalue weighted by Crippen LogP contribution is 2.25. The number of hydrogen-bond acceptors (Lipinski definition) is 2. The van der Waals surface area contributed by atoms with E-state index in [1.807, 2.05) is 12.1 Å². The third kappa shape index (κ3) is 2.86. The van der Waals surface area contributed by atoms with Gasteiger partial charge in [-0.3, -0.25) is 0 Å². The zero-order chi connectivity index (χ0) is 13.9. The predicted molar refractivity (Wildman–Crippen MR) is 83.5 cm³/mol. The van der Waals surface area contributed by atoms with E-state index in [1.54, 1.807) is 12.1 Å². The molecule has 2 nitrogen and oxygen atoms in total. The molecular formula is C16H16BrFN2. The minimum atomic E-state index is -0.211. The smallest absolute Gasteiger partial charge is 0.139 e. The van der Waals surface area contributed by atoms with E-state index in [-0.39, 0.29) is 11.9 Å². The van der Waals surface area contributed by atoms with Gasteiger partial charge in [0.15, 0.2) is 0 Å². The van der Waals surface area contributed by atoms with E-state index < -0.39 is 0 Å². The second-order valence-corrected chi connectivity index (χ2v) is 5.82. The molecule has 1 heterocycles. The molecule has 2 aromatic rings. The zero-order valence-corrected chi connectivity index (χ0v) is 12.6. The summed E-state index contributed by atoms with van der Waals surface area (Å²) in [6, 6.07) is 16.0. The molecule has 0 radical (unpaired) electrons. The Morgan fingerprint density at radius 3 is 2.70 bits per heavy atom. The van der Waals surface area contributed by atoms with Crippen LogP contribution in [0.4, 0.5) is 10.1 Å². The zero-order valence-electron chi connectivity index (χ0n) is 11.0. The first kappa shape index (κ1) is 13.6. The van der Waals surface area contributed by atoms with Crippen LogP contribution in [0.15, 0.2) is 53.0 Å². The van der Waals surface area contributed by atoms with E-state index in [0.717, 1.165) is 25.3 Å². The lowest BCUT2D eigenvalue weighted by Crippen LogP contribution is -2.45. The maximum absolute atomic E-state index is 13.7. The van der Waals surface area contributed by atoms with Crippen LogP contribution >= 0.6 is 15.9 Å². The molecule has 0 bridgehead atoms. The van der Waals surface area contributed by atoms with Gasteiger partial charge in [-0.15, -0.1) is 0 Å². The Morgan fingerprint density at radius 1 is 1.15 bits per heavy atom. The molecule has 1 unspecified atom stereocenters. The van der Waals surface area contributed by atoms with E-state index in [4.69, 9.17) is 0 Å². The number of benzene rings is 2. The fourth-order valence-electron chi connectivity index (χ4n) is 2.57. The molecule has 0 spiro atoms. The molecule has 1 aliphatic rings. The highest BCUT2D eigenvalue weighted by atomic mass is 79.9. The van der Waals surface area contributed by atoms with Gasteiger partial charge in [0.2, 0.25) is 0 Å². The lowest BCUT2D eigenvalue weighted by atomic mass is 10.0. The van der Waals surface area contributed by atoms with Gasteiger partial charge in [-0.2, -0.15) is 0 Å². The molecule has 1 saturated heterocycles. The van der Waals surface area contributed by atoms with Gasteiger partial charge < -0.3 is 10.2 Å². The largest absolute Gasteiger partial charge is 0.368 e. The maximum Gasteiger partial charge on any atom is 0.139 e. The third-order valence-corrected chi connectivity index (χ3v) is 4.29. The van der Waals surface area contributed by atoms with Crippen LogP contribution in [0.2, 0.25) is 0 Å². The van der Waals surface area contributed by atoms with Crippen LogP contribution in [0.1, 0.15) is 11.6 Å². The average molecular weight is 335 g/mol. The average Bonchev–Trinajstić information content (AvgIpc) is 2.51. The number of nitrogens with one attached hydrogen (secondary N) is 1. The number of piperazine rings is 1. The molecule has 4 heteroatoms. The highest BCUT2D eigenvalue weighted by Gasteiger charge is 2.21. The Kier molecular flexibility index (Phi) is 4.03. The first-order chi connectivity index (χ1) is 9.74. The lowest BCUT2D eigenvalue weighted by molar-refractivity contribution is 0.471. The van der Waals surface area contributed by atoms with Crippen LogP contribution in [0.3, 0.4) is 0 Å². The van der Waals surface area contributed by atoms with Gasteiger partial charge in [-0.05, 0) is 39.7 Å². The van der Waals surface area contributed by atoms with Crippen LogP contribution < -0.4 is 10.2 Å². The summed E-state index contributed by atoms with van der Waals surface area (Å²) in [6.45, 7) is 2.65. The Labute approximate surface area is 126 Å². The minimum Gasteiger partial charge on any atom is -0.368 e. The van der Waals surface area contributed by atoms with Crippen LogP contribution in [-0.2, 0) is 0 Å². The monoisotopic (exact) mass is 334 g/mol. The summed E-state index contributed by atoms with van der Waals surface area (Å²) in [5, 5.41) is 3.52. The molecule has 2 aromatic carbocycles. The van der Waals surface area contributed by atoms with Crippen molar-refractivity contribution in [2.75, 3.05) is 24.5 Å². The maximum atomic E-state index is 13.7. The van der Waals surface area contributed by atoms with Gasteiger partial charge in [-0.1, -0.05) is 30.3 Å². The van der Waals surface area contributed by atoms with Crippen LogP contribution in [0.25, 0.3) is 0 Å². The number of halogens is 2. The molecular weight excluding hydrogens is 319 g/mol. The van der Waals surface area contributed by atoms with Crippen molar-refractivity contribution in [3.8, 4) is 0 Å². The van der Waals surface area contributed by atoms with Crippen LogP contribution in [0.5, 0.6) is 0 Å². The Balaban J connectivity index is 1.79. The fraction of sp³-hybridized carbons (Fsp3) is 0.250. The van der Waals surface area contributed by atoms with Crippen molar-refractivity contribution in [3.05, 3.63) is 64.4 Å². The van der Waals surface area contributed by atoms with Gasteiger partial charge in [0.05, 0.1) is 4.47 Å². The topological polar surface area (TPSA) is 15.3 Å². The SMILES string of the molecule is Fc1cc(N2CCNC(c3ccccc3)C2)ccc1Br. The molecule has 0 saturated carbocycles. The van der Waals surface area contributed by atoms with Crippen molar-refractivity contribution in [2.45, 2.75) is 6.04 Å². The molecule has 1 atom stereocenters. The Morgan fingerprint density at radius 2 is 1.95 bits per heavy atom. The highest BCUT2D eigenvalue weighted by molar-refractivity contribution is 9.10. The summed E-state index contributed by atoms with van der Waals surface area (Å²) in [7, 11) is 0. The number of hydrogen-bond donors (Lipinski definition) is 1. The lowest BCUT2D eigenvalue weighted by Gasteiger charge is -2.35. The van der Waals surface area contributed by atoms with Crippen molar-refractivity contribution in [1.82, 2.24) is 5.32 Å². The number of anilines is 1. The quantitative estimate of drug-likeness (QED) is 0.899. The standard InChI is InChI=1S/C16H16BrFN2/c17-14-7-6-13(10-15(14)18)20-9-8-19-16(11-20)12-4-2-1-3-5-12/h1-7,10,16,19H,8-9,11H2. The van der Waals surface area contributed by atoms with Crippen LogP contribution in [0, 0.1) is 5.82 Å². The molecule has 1 fully saturated rings. The van der Waals surface area contributed by atoms with Crippen molar-refractivity contribution in [3.63, 3.8) is 0 Å². The van der Waals surface area contributed by atoms with E-state index in [0.29, 0.717) is 4.47 Å². The van der Waals surface area contributed by atoms with E-state index in [9.17, 15) is 4.39 Å². The summed E-state index contributed by atoms with van der Waals surface area (Å²) in [5.74, 6) is -0.211. The van der Waals surface area contributed by atoms with E-state index >= 15 is 0 Å². The van der Waals surface area contributed by atoms with Gasteiger partial charge in [-0.25, -0.2) is 4.39 Å². The summed E-state index contributed by atoms with van der Waals surface area (Å²) in [4.78, 5) is 2.23. The van der Waals surface area contributed by atoms with Gasteiger partial charge in [0.25, 0.3) is 0 Å². The fourth-order valence-corrected chi connectivity index (χ4v) is 2.82. The Hall–Kier alpha value is -1.39. The van der Waals surface area contributed by atoms with Crippen LogP contribution in [-0.4, -0.2) is 19.6 Å². The number of rotatable bonds is 2. The first-order valence-corrected chi connectivity index (χ1v) is 7.51. The van der Waals surface area contributed by atoms with Crippen molar-refractivity contribution < 1.29 is 4.39 Å². The number of nitrogens with zero attached hydrogens (tertiary/aromatic N) is 1. The normalized spacial score (nSPS) is 19.1. The second kappa shape index (κ2) is 5.94. The van der Waals surface area contributed by atoms with Crippen molar-refractivity contribution in [1.29, 1.82) is 0 Å². The molecule has 1 N–H and O–H groups in total. The Bertz CT molecular complexity index is 588. The molecule has 20 heavy (non-hydrogen) atoms. The molecule has 0 amide bonds. The van der Waals surface area contributed by atoms with Crippen molar-refractivity contribution in [2.24, 2.45) is 0 Å². The minimum absolute atomic E-state index is 0.211. The molecule has 0 aliphatic carbocycles.